The first-order valence-electron chi connectivity index (χ1n) is 10.3. The summed E-state index contributed by atoms with van der Waals surface area (Å²) in [6.45, 7) is 19.6. The predicted octanol–water partition coefficient (Wildman–Crippen LogP) is 1.44. The first-order valence-corrected chi connectivity index (χ1v) is 10.3. The van der Waals surface area contributed by atoms with Crippen molar-refractivity contribution in [1.82, 2.24) is 25.3 Å². The molecule has 0 aromatic rings. The maximum absolute atomic E-state index is 11.9. The zero-order valence-electron chi connectivity index (χ0n) is 18.0. The molecular weight excluding hydrogens is 455 g/mol. The molecule has 0 saturated carbocycles. The van der Waals surface area contributed by atoms with Gasteiger partial charge in [-0.05, 0) is 40.3 Å². The maximum Gasteiger partial charge on any atom is 0.234 e. The highest BCUT2D eigenvalue weighted by Gasteiger charge is 2.21. The second-order valence-electron chi connectivity index (χ2n) is 7.16. The minimum Gasteiger partial charge on any atom is -0.357 e. The molecule has 0 bridgehead atoms. The Morgan fingerprint density at radius 2 is 1.78 bits per heavy atom. The fraction of sp³-hybridized carbons (Fsp3) is 0.895. The van der Waals surface area contributed by atoms with Crippen LogP contribution in [-0.2, 0) is 4.79 Å². The first-order chi connectivity index (χ1) is 12.5. The summed E-state index contributed by atoms with van der Waals surface area (Å²) in [6, 6.07) is 0.201. The van der Waals surface area contributed by atoms with Crippen molar-refractivity contribution in [2.75, 3.05) is 65.4 Å². The van der Waals surface area contributed by atoms with Crippen LogP contribution in [0.5, 0.6) is 0 Å². The third-order valence-electron chi connectivity index (χ3n) is 4.49. The summed E-state index contributed by atoms with van der Waals surface area (Å²) in [5.41, 5.74) is 0. The van der Waals surface area contributed by atoms with Gasteiger partial charge in [0.25, 0.3) is 0 Å². The molecule has 0 aliphatic carbocycles. The van der Waals surface area contributed by atoms with E-state index in [0.717, 1.165) is 64.9 Å². The molecule has 0 aromatic heterocycles. The number of likely N-dealkylation sites (N-methyl/N-ethyl adjacent to an activating group) is 1. The highest BCUT2D eigenvalue weighted by Crippen LogP contribution is 2.03. The molecule has 1 aliphatic rings. The van der Waals surface area contributed by atoms with E-state index < -0.39 is 0 Å². The Hall–Kier alpha value is -0.610. The van der Waals surface area contributed by atoms with Crippen molar-refractivity contribution in [3.63, 3.8) is 0 Å². The van der Waals surface area contributed by atoms with E-state index in [0.29, 0.717) is 6.54 Å². The van der Waals surface area contributed by atoms with Gasteiger partial charge in [0.2, 0.25) is 5.91 Å². The number of guanidine groups is 1. The van der Waals surface area contributed by atoms with Crippen molar-refractivity contribution in [3.05, 3.63) is 0 Å². The van der Waals surface area contributed by atoms with Crippen LogP contribution in [0.25, 0.3) is 0 Å². The highest BCUT2D eigenvalue weighted by atomic mass is 127. The highest BCUT2D eigenvalue weighted by molar-refractivity contribution is 14.0. The summed E-state index contributed by atoms with van der Waals surface area (Å²) < 4.78 is 0. The van der Waals surface area contributed by atoms with Crippen LogP contribution in [0.4, 0.5) is 0 Å². The summed E-state index contributed by atoms with van der Waals surface area (Å²) >= 11 is 0. The number of carbonyl (C=O) groups is 1. The van der Waals surface area contributed by atoms with Gasteiger partial charge in [0.1, 0.15) is 0 Å². The smallest absolute Gasteiger partial charge is 0.234 e. The van der Waals surface area contributed by atoms with Gasteiger partial charge in [0, 0.05) is 45.3 Å². The molecule has 0 spiro atoms. The van der Waals surface area contributed by atoms with Crippen LogP contribution < -0.4 is 10.6 Å². The van der Waals surface area contributed by atoms with E-state index >= 15 is 0 Å². The van der Waals surface area contributed by atoms with Gasteiger partial charge in [0.15, 0.2) is 5.96 Å². The lowest BCUT2D eigenvalue weighted by atomic mass is 10.3. The topological polar surface area (TPSA) is 63.2 Å². The SMILES string of the molecule is CCCN(CC)CCN=C(NCC)N1CCN(CC(=O)NC(C)C)CC1.I. The van der Waals surface area contributed by atoms with Gasteiger partial charge >= 0.3 is 0 Å². The number of piperazine rings is 1. The number of aliphatic imine (C=N–C) groups is 1. The van der Waals surface area contributed by atoms with Crippen molar-refractivity contribution in [3.8, 4) is 0 Å². The molecule has 160 valence electrons. The standard InChI is InChI=1S/C19H40N6O.HI/c1-6-10-23(8-3)11-9-21-19(20-7-2)25-14-12-24(13-15-25)16-18(26)22-17(4)5;/h17H,6-16H2,1-5H3,(H,20,21)(H,22,26);1H. The normalized spacial score (nSPS) is 15.8. The first kappa shape index (κ1) is 26.4. The number of hydrogen-bond acceptors (Lipinski definition) is 4. The average Bonchev–Trinajstić information content (AvgIpc) is 2.60. The van der Waals surface area contributed by atoms with Gasteiger partial charge in [0.05, 0.1) is 13.1 Å². The molecule has 1 amide bonds. The summed E-state index contributed by atoms with van der Waals surface area (Å²) in [4.78, 5) is 23.7. The molecule has 0 radical (unpaired) electrons. The molecule has 0 atom stereocenters. The zero-order chi connectivity index (χ0) is 19.4. The number of halogens is 1. The number of rotatable bonds is 10. The summed E-state index contributed by atoms with van der Waals surface area (Å²) in [6.07, 6.45) is 1.18. The van der Waals surface area contributed by atoms with E-state index in [9.17, 15) is 4.79 Å². The second kappa shape index (κ2) is 15.3. The maximum atomic E-state index is 11.9. The van der Waals surface area contributed by atoms with Gasteiger partial charge < -0.3 is 20.4 Å². The van der Waals surface area contributed by atoms with Crippen molar-refractivity contribution in [2.45, 2.75) is 47.1 Å². The van der Waals surface area contributed by atoms with Gasteiger partial charge in [-0.1, -0.05) is 13.8 Å². The van der Waals surface area contributed by atoms with Crippen molar-refractivity contribution >= 4 is 35.8 Å². The van der Waals surface area contributed by atoms with Crippen molar-refractivity contribution in [1.29, 1.82) is 0 Å². The van der Waals surface area contributed by atoms with E-state index in [1.165, 1.54) is 6.42 Å². The largest absolute Gasteiger partial charge is 0.357 e. The Bertz CT molecular complexity index is 424. The summed E-state index contributed by atoms with van der Waals surface area (Å²) in [7, 11) is 0. The molecule has 1 heterocycles. The molecule has 1 rings (SSSR count). The number of hydrogen-bond donors (Lipinski definition) is 2. The van der Waals surface area contributed by atoms with Crippen LogP contribution in [0.15, 0.2) is 4.99 Å². The molecule has 2 N–H and O–H groups in total. The van der Waals surface area contributed by atoms with E-state index in [2.05, 4.69) is 46.1 Å². The molecule has 1 aliphatic heterocycles. The average molecular weight is 496 g/mol. The van der Waals surface area contributed by atoms with E-state index in [4.69, 9.17) is 4.99 Å². The van der Waals surface area contributed by atoms with Crippen LogP contribution in [0.1, 0.15) is 41.0 Å². The van der Waals surface area contributed by atoms with E-state index in [1.807, 2.05) is 13.8 Å². The van der Waals surface area contributed by atoms with Crippen LogP contribution in [-0.4, -0.2) is 98.1 Å². The van der Waals surface area contributed by atoms with Crippen LogP contribution in [0.3, 0.4) is 0 Å². The monoisotopic (exact) mass is 496 g/mol. The summed E-state index contributed by atoms with van der Waals surface area (Å²) in [5, 5.41) is 6.38. The minimum absolute atomic E-state index is 0. The lowest BCUT2D eigenvalue weighted by Crippen LogP contribution is -2.54. The Kier molecular flexibility index (Phi) is 15.0. The number of nitrogens with zero attached hydrogens (tertiary/aromatic N) is 4. The molecule has 8 heteroatoms. The Labute approximate surface area is 183 Å². The third kappa shape index (κ3) is 11.1. The van der Waals surface area contributed by atoms with Gasteiger partial charge in [-0.25, -0.2) is 0 Å². The lowest BCUT2D eigenvalue weighted by Gasteiger charge is -2.36. The molecule has 27 heavy (non-hydrogen) atoms. The van der Waals surface area contributed by atoms with E-state index in [-0.39, 0.29) is 35.9 Å². The number of amides is 1. The van der Waals surface area contributed by atoms with Crippen LogP contribution >= 0.6 is 24.0 Å². The second-order valence-corrected chi connectivity index (χ2v) is 7.16. The molecule has 0 aromatic carbocycles. The lowest BCUT2D eigenvalue weighted by molar-refractivity contribution is -0.123. The van der Waals surface area contributed by atoms with Gasteiger partial charge in [-0.3, -0.25) is 14.7 Å². The Morgan fingerprint density at radius 1 is 1.11 bits per heavy atom. The molecule has 0 unspecified atom stereocenters. The van der Waals surface area contributed by atoms with Crippen molar-refractivity contribution in [2.24, 2.45) is 4.99 Å². The molecule has 1 fully saturated rings. The fourth-order valence-corrected chi connectivity index (χ4v) is 3.16. The summed E-state index contributed by atoms with van der Waals surface area (Å²) in [5.74, 6) is 1.12. The predicted molar refractivity (Wildman–Crippen MR) is 125 cm³/mol. The van der Waals surface area contributed by atoms with Crippen LogP contribution in [0.2, 0.25) is 0 Å². The van der Waals surface area contributed by atoms with Gasteiger partial charge in [-0.2, -0.15) is 0 Å². The molecular formula is C19H41IN6O. The van der Waals surface area contributed by atoms with Crippen molar-refractivity contribution < 1.29 is 4.79 Å². The fourth-order valence-electron chi connectivity index (χ4n) is 3.16. The quantitative estimate of drug-likeness (QED) is 0.272. The van der Waals surface area contributed by atoms with E-state index in [1.54, 1.807) is 0 Å². The molecule has 7 nitrogen and oxygen atoms in total. The zero-order valence-corrected chi connectivity index (χ0v) is 20.3. The Morgan fingerprint density at radius 3 is 2.30 bits per heavy atom. The Balaban J connectivity index is 0.00000676. The number of nitrogens with one attached hydrogen (secondary N) is 2. The van der Waals surface area contributed by atoms with Gasteiger partial charge in [-0.15, -0.1) is 24.0 Å². The third-order valence-corrected chi connectivity index (χ3v) is 4.49. The molecule has 1 saturated heterocycles. The van der Waals surface area contributed by atoms with Crippen LogP contribution in [0, 0.1) is 0 Å². The number of carbonyl (C=O) groups excluding carboxylic acids is 1. The minimum atomic E-state index is 0.